The largest absolute Gasteiger partial charge is 0.192 e. The fraction of sp³-hybridized carbons (Fsp3) is 1.00. The Balaban J connectivity index is 3.49. The standard InChI is InChI=1S/C12H18Cl8/c13-9(7-11(15,16)17)5-3-1-2-4-6-10(14)8-12(18,19)20/h9-10H,1-8H2/t9-,10-/m1/s1. The predicted octanol–water partition coefficient (Wildman–Crippen LogP) is 8.06. The van der Waals surface area contributed by atoms with Crippen LogP contribution >= 0.6 is 92.8 Å². The molecule has 0 aliphatic rings. The number of hydrogen-bond donors (Lipinski definition) is 0. The molecule has 0 saturated carbocycles. The third kappa shape index (κ3) is 16.7. The summed E-state index contributed by atoms with van der Waals surface area (Å²) in [7, 11) is 0. The number of rotatable bonds is 9. The molecular formula is C12H18Cl8. The molecule has 0 spiro atoms. The second-order valence-corrected chi connectivity index (χ2v) is 11.1. The van der Waals surface area contributed by atoms with Crippen molar-refractivity contribution in [3.05, 3.63) is 0 Å². The highest BCUT2D eigenvalue weighted by Crippen LogP contribution is 2.35. The van der Waals surface area contributed by atoms with Gasteiger partial charge in [0.25, 0.3) is 0 Å². The first kappa shape index (κ1) is 22.3. The molecule has 122 valence electrons. The van der Waals surface area contributed by atoms with Crippen LogP contribution in [-0.2, 0) is 0 Å². The molecule has 0 aromatic heterocycles. The molecule has 0 aromatic rings. The molecule has 0 aromatic carbocycles. The molecule has 0 N–H and O–H groups in total. The van der Waals surface area contributed by atoms with Gasteiger partial charge in [-0.2, -0.15) is 0 Å². The van der Waals surface area contributed by atoms with Crippen molar-refractivity contribution in [3.8, 4) is 0 Å². The molecule has 0 saturated heterocycles. The first-order chi connectivity index (χ1) is 8.99. The maximum absolute atomic E-state index is 6.08. The Hall–Kier alpha value is 2.32. The van der Waals surface area contributed by atoms with Crippen LogP contribution in [0.4, 0.5) is 0 Å². The van der Waals surface area contributed by atoms with Crippen molar-refractivity contribution in [2.24, 2.45) is 0 Å². The summed E-state index contributed by atoms with van der Waals surface area (Å²) in [6.45, 7) is 0. The summed E-state index contributed by atoms with van der Waals surface area (Å²) >= 11 is 46.2. The van der Waals surface area contributed by atoms with Gasteiger partial charge in [-0.1, -0.05) is 95.3 Å². The van der Waals surface area contributed by atoms with E-state index in [0.29, 0.717) is 12.8 Å². The Bertz CT molecular complexity index is 219. The van der Waals surface area contributed by atoms with E-state index in [1.165, 1.54) is 0 Å². The number of hydrogen-bond acceptors (Lipinski definition) is 0. The quantitative estimate of drug-likeness (QED) is 0.248. The third-order valence-electron chi connectivity index (χ3n) is 2.69. The van der Waals surface area contributed by atoms with Crippen LogP contribution in [-0.4, -0.2) is 18.3 Å². The second kappa shape index (κ2) is 11.0. The Morgan fingerprint density at radius 3 is 1.10 bits per heavy atom. The van der Waals surface area contributed by atoms with Crippen LogP contribution in [0.1, 0.15) is 51.4 Å². The lowest BCUT2D eigenvalue weighted by Crippen LogP contribution is -2.12. The van der Waals surface area contributed by atoms with E-state index in [2.05, 4.69) is 0 Å². The van der Waals surface area contributed by atoms with Gasteiger partial charge in [-0.15, -0.1) is 23.2 Å². The molecule has 0 heterocycles. The Morgan fingerprint density at radius 1 is 0.550 bits per heavy atom. The van der Waals surface area contributed by atoms with Gasteiger partial charge in [0.15, 0.2) is 7.59 Å². The van der Waals surface area contributed by atoms with E-state index in [0.717, 1.165) is 38.5 Å². The lowest BCUT2D eigenvalue weighted by molar-refractivity contribution is 0.560. The highest BCUT2D eigenvalue weighted by Gasteiger charge is 2.24. The minimum Gasteiger partial charge on any atom is -0.123 e. The third-order valence-corrected chi connectivity index (χ3v) is 4.36. The monoisotopic (exact) mass is 442 g/mol. The molecular weight excluding hydrogens is 428 g/mol. The number of alkyl halides is 8. The SMILES string of the molecule is Cl[C@H](CCCCCC[C@@H](Cl)CC(Cl)(Cl)Cl)CC(Cl)(Cl)Cl. The summed E-state index contributed by atoms with van der Waals surface area (Å²) in [5, 5.41) is -0.208. The summed E-state index contributed by atoms with van der Waals surface area (Å²) in [5.41, 5.74) is 0. The summed E-state index contributed by atoms with van der Waals surface area (Å²) in [4.78, 5) is 0. The van der Waals surface area contributed by atoms with Crippen molar-refractivity contribution in [2.75, 3.05) is 0 Å². The fourth-order valence-electron chi connectivity index (χ4n) is 1.79. The lowest BCUT2D eigenvalue weighted by atomic mass is 10.1. The van der Waals surface area contributed by atoms with Crippen LogP contribution in [0, 0.1) is 0 Å². The number of halogens is 8. The van der Waals surface area contributed by atoms with Crippen molar-refractivity contribution in [1.82, 2.24) is 0 Å². The van der Waals surface area contributed by atoms with Gasteiger partial charge in [0.2, 0.25) is 0 Å². The zero-order valence-electron chi connectivity index (χ0n) is 10.8. The Labute approximate surface area is 161 Å². The first-order valence-electron chi connectivity index (χ1n) is 6.41. The van der Waals surface area contributed by atoms with Crippen LogP contribution in [0.15, 0.2) is 0 Å². The molecule has 0 rings (SSSR count). The van der Waals surface area contributed by atoms with Crippen molar-refractivity contribution in [2.45, 2.75) is 69.7 Å². The smallest absolute Gasteiger partial charge is 0.123 e. The van der Waals surface area contributed by atoms with Crippen LogP contribution in [0.5, 0.6) is 0 Å². The molecule has 20 heavy (non-hydrogen) atoms. The molecule has 0 radical (unpaired) electrons. The van der Waals surface area contributed by atoms with E-state index in [1.807, 2.05) is 0 Å². The van der Waals surface area contributed by atoms with Crippen molar-refractivity contribution < 1.29 is 0 Å². The van der Waals surface area contributed by atoms with E-state index in [4.69, 9.17) is 92.8 Å². The molecule has 0 nitrogen and oxygen atoms in total. The van der Waals surface area contributed by atoms with Crippen LogP contribution in [0.25, 0.3) is 0 Å². The average molecular weight is 446 g/mol. The van der Waals surface area contributed by atoms with Gasteiger partial charge in [-0.05, 0) is 12.8 Å². The van der Waals surface area contributed by atoms with E-state index >= 15 is 0 Å². The van der Waals surface area contributed by atoms with Gasteiger partial charge >= 0.3 is 0 Å². The zero-order chi connectivity index (χ0) is 15.8. The van der Waals surface area contributed by atoms with E-state index < -0.39 is 7.59 Å². The molecule has 0 unspecified atom stereocenters. The van der Waals surface area contributed by atoms with Crippen molar-refractivity contribution >= 4 is 92.8 Å². The fourth-order valence-corrected chi connectivity index (χ4v) is 4.15. The summed E-state index contributed by atoms with van der Waals surface area (Å²) in [6, 6.07) is 0. The average Bonchev–Trinajstić information content (AvgIpc) is 2.17. The summed E-state index contributed by atoms with van der Waals surface area (Å²) in [6.07, 6.45) is 6.57. The number of unbranched alkanes of at least 4 members (excludes halogenated alkanes) is 3. The molecule has 2 atom stereocenters. The topological polar surface area (TPSA) is 0 Å². The maximum Gasteiger partial charge on any atom is 0.192 e. The van der Waals surface area contributed by atoms with Gasteiger partial charge in [-0.3, -0.25) is 0 Å². The van der Waals surface area contributed by atoms with E-state index in [1.54, 1.807) is 0 Å². The van der Waals surface area contributed by atoms with Gasteiger partial charge in [0.1, 0.15) is 0 Å². The Morgan fingerprint density at radius 2 is 0.850 bits per heavy atom. The van der Waals surface area contributed by atoms with Crippen LogP contribution < -0.4 is 0 Å². The summed E-state index contributed by atoms with van der Waals surface area (Å²) < 4.78 is -2.54. The van der Waals surface area contributed by atoms with Gasteiger partial charge in [0, 0.05) is 23.6 Å². The van der Waals surface area contributed by atoms with Crippen molar-refractivity contribution in [3.63, 3.8) is 0 Å². The van der Waals surface area contributed by atoms with Crippen molar-refractivity contribution in [1.29, 1.82) is 0 Å². The first-order valence-corrected chi connectivity index (χ1v) is 9.55. The summed E-state index contributed by atoms with van der Waals surface area (Å²) in [5.74, 6) is 0. The predicted molar refractivity (Wildman–Crippen MR) is 96.8 cm³/mol. The Kier molecular flexibility index (Phi) is 12.2. The highest BCUT2D eigenvalue weighted by atomic mass is 35.6. The molecule has 0 aliphatic heterocycles. The highest BCUT2D eigenvalue weighted by molar-refractivity contribution is 6.68. The van der Waals surface area contributed by atoms with Gasteiger partial charge in [0.05, 0.1) is 0 Å². The molecule has 0 aliphatic carbocycles. The van der Waals surface area contributed by atoms with Gasteiger partial charge < -0.3 is 0 Å². The maximum atomic E-state index is 6.08. The molecule has 0 bridgehead atoms. The molecule has 0 fully saturated rings. The lowest BCUT2D eigenvalue weighted by Gasteiger charge is -2.16. The minimum absolute atomic E-state index is 0.104. The minimum atomic E-state index is -1.27. The molecule has 0 amide bonds. The van der Waals surface area contributed by atoms with Gasteiger partial charge in [-0.25, -0.2) is 0 Å². The second-order valence-electron chi connectivity index (χ2n) is 4.82. The molecule has 8 heteroatoms. The van der Waals surface area contributed by atoms with E-state index in [-0.39, 0.29) is 10.8 Å². The van der Waals surface area contributed by atoms with Crippen LogP contribution in [0.2, 0.25) is 0 Å². The zero-order valence-corrected chi connectivity index (χ0v) is 16.9. The van der Waals surface area contributed by atoms with Crippen LogP contribution in [0.3, 0.4) is 0 Å². The normalized spacial score (nSPS) is 16.2. The van der Waals surface area contributed by atoms with E-state index in [9.17, 15) is 0 Å².